The van der Waals surface area contributed by atoms with Crippen LogP contribution in [0.1, 0.15) is 41.6 Å². The molecule has 5 heteroatoms. The smallest absolute Gasteiger partial charge is 0.159 e. The van der Waals surface area contributed by atoms with Gasteiger partial charge in [0.25, 0.3) is 0 Å². The average Bonchev–Trinajstić information content (AvgIpc) is 3.28. The maximum Gasteiger partial charge on any atom is 0.159 e. The van der Waals surface area contributed by atoms with Gasteiger partial charge in [0.1, 0.15) is 0 Å². The first-order valence-corrected chi connectivity index (χ1v) is 9.85. The van der Waals surface area contributed by atoms with Gasteiger partial charge in [-0.1, -0.05) is 23.8 Å². The molecular formula is C22H25N5. The van der Waals surface area contributed by atoms with Crippen LogP contribution in [0.5, 0.6) is 0 Å². The predicted molar refractivity (Wildman–Crippen MR) is 105 cm³/mol. The van der Waals surface area contributed by atoms with Crippen molar-refractivity contribution in [3.8, 4) is 11.4 Å². The summed E-state index contributed by atoms with van der Waals surface area (Å²) in [4.78, 5) is 11.8. The summed E-state index contributed by atoms with van der Waals surface area (Å²) >= 11 is 0. The summed E-state index contributed by atoms with van der Waals surface area (Å²) in [5.74, 6) is 0.801. The van der Waals surface area contributed by atoms with E-state index < -0.39 is 0 Å². The molecule has 138 valence electrons. The topological polar surface area (TPSA) is 57.7 Å². The Morgan fingerprint density at radius 1 is 1.15 bits per heavy atom. The Balaban J connectivity index is 1.31. The molecule has 27 heavy (non-hydrogen) atoms. The van der Waals surface area contributed by atoms with E-state index in [-0.39, 0.29) is 5.41 Å². The summed E-state index contributed by atoms with van der Waals surface area (Å²) in [5, 5.41) is 7.57. The molecule has 0 bridgehead atoms. The Morgan fingerprint density at radius 3 is 2.89 bits per heavy atom. The first-order chi connectivity index (χ1) is 13.2. The van der Waals surface area contributed by atoms with Crippen molar-refractivity contribution in [1.82, 2.24) is 25.1 Å². The molecule has 0 amide bonds. The van der Waals surface area contributed by atoms with Crippen molar-refractivity contribution in [2.45, 2.75) is 44.6 Å². The molecule has 0 radical (unpaired) electrons. The Kier molecular flexibility index (Phi) is 4.05. The molecule has 3 aromatic rings. The fraction of sp³-hybridized carbons (Fsp3) is 0.409. The van der Waals surface area contributed by atoms with Gasteiger partial charge in [0.05, 0.1) is 6.20 Å². The van der Waals surface area contributed by atoms with Gasteiger partial charge in [-0.3, -0.25) is 10.00 Å². The zero-order chi connectivity index (χ0) is 18.3. The van der Waals surface area contributed by atoms with Crippen molar-refractivity contribution in [3.05, 3.63) is 65.2 Å². The lowest BCUT2D eigenvalue weighted by Gasteiger charge is -2.40. The Labute approximate surface area is 159 Å². The summed E-state index contributed by atoms with van der Waals surface area (Å²) in [6, 6.07) is 8.35. The number of piperidine rings is 1. The van der Waals surface area contributed by atoms with Gasteiger partial charge in [0, 0.05) is 47.7 Å². The molecule has 0 saturated carbocycles. The summed E-state index contributed by atoms with van der Waals surface area (Å²) in [5.41, 5.74) is 6.57. The number of aryl methyl sites for hydroxylation is 2. The number of likely N-dealkylation sites (tertiary alicyclic amines) is 1. The van der Waals surface area contributed by atoms with Gasteiger partial charge < -0.3 is 0 Å². The SMILES string of the molecule is Cc1cccc(-c2ncc(CN3CCCC4(CCc5cn[nH]c54)C3)cn2)c1. The minimum absolute atomic E-state index is 0.270. The fourth-order valence-corrected chi connectivity index (χ4v) is 4.86. The molecule has 1 spiro atoms. The lowest BCUT2D eigenvalue weighted by atomic mass is 9.77. The van der Waals surface area contributed by atoms with Crippen LogP contribution in [0.25, 0.3) is 11.4 Å². The van der Waals surface area contributed by atoms with Crippen LogP contribution in [-0.4, -0.2) is 38.2 Å². The van der Waals surface area contributed by atoms with Crippen molar-refractivity contribution < 1.29 is 0 Å². The van der Waals surface area contributed by atoms with Crippen LogP contribution in [0.2, 0.25) is 0 Å². The van der Waals surface area contributed by atoms with E-state index in [1.807, 2.05) is 18.6 Å². The van der Waals surface area contributed by atoms with Crippen LogP contribution in [-0.2, 0) is 18.4 Å². The minimum atomic E-state index is 0.270. The van der Waals surface area contributed by atoms with Crippen molar-refractivity contribution in [2.24, 2.45) is 0 Å². The highest BCUT2D eigenvalue weighted by Crippen LogP contribution is 2.44. The third kappa shape index (κ3) is 3.06. The van der Waals surface area contributed by atoms with Gasteiger partial charge >= 0.3 is 0 Å². The second-order valence-corrected chi connectivity index (χ2v) is 8.15. The van der Waals surface area contributed by atoms with Crippen molar-refractivity contribution in [3.63, 3.8) is 0 Å². The second kappa shape index (κ2) is 6.57. The highest BCUT2D eigenvalue weighted by atomic mass is 15.2. The molecular weight excluding hydrogens is 334 g/mol. The van der Waals surface area contributed by atoms with Gasteiger partial charge in [-0.2, -0.15) is 5.10 Å². The highest BCUT2D eigenvalue weighted by molar-refractivity contribution is 5.55. The monoisotopic (exact) mass is 359 g/mol. The maximum absolute atomic E-state index is 4.62. The molecule has 5 nitrogen and oxygen atoms in total. The number of aromatic amines is 1. The fourth-order valence-electron chi connectivity index (χ4n) is 4.86. The number of rotatable bonds is 3. The number of aromatic nitrogens is 4. The van der Waals surface area contributed by atoms with E-state index in [0.29, 0.717) is 0 Å². The van der Waals surface area contributed by atoms with Gasteiger partial charge in [-0.05, 0) is 50.8 Å². The summed E-state index contributed by atoms with van der Waals surface area (Å²) in [7, 11) is 0. The van der Waals surface area contributed by atoms with Crippen LogP contribution in [0.4, 0.5) is 0 Å². The number of hydrogen-bond donors (Lipinski definition) is 1. The summed E-state index contributed by atoms with van der Waals surface area (Å²) < 4.78 is 0. The average molecular weight is 359 g/mol. The van der Waals surface area contributed by atoms with E-state index >= 15 is 0 Å². The zero-order valence-corrected chi connectivity index (χ0v) is 15.8. The molecule has 1 saturated heterocycles. The highest BCUT2D eigenvalue weighted by Gasteiger charge is 2.43. The van der Waals surface area contributed by atoms with Crippen LogP contribution >= 0.6 is 0 Å². The number of fused-ring (bicyclic) bond motifs is 2. The molecule has 2 aromatic heterocycles. The van der Waals surface area contributed by atoms with Gasteiger partial charge in [-0.15, -0.1) is 0 Å². The van der Waals surface area contributed by atoms with E-state index in [4.69, 9.17) is 0 Å². The number of nitrogens with one attached hydrogen (secondary N) is 1. The molecule has 2 aliphatic rings. The maximum atomic E-state index is 4.62. The molecule has 3 heterocycles. The summed E-state index contributed by atoms with van der Waals surface area (Å²) in [6.45, 7) is 5.25. The number of H-pyrrole nitrogens is 1. The van der Waals surface area contributed by atoms with Gasteiger partial charge in [0.15, 0.2) is 5.82 Å². The molecule has 1 aliphatic heterocycles. The van der Waals surface area contributed by atoms with Crippen molar-refractivity contribution >= 4 is 0 Å². The van der Waals surface area contributed by atoms with Crippen LogP contribution in [0, 0.1) is 6.92 Å². The first-order valence-electron chi connectivity index (χ1n) is 9.85. The molecule has 1 aromatic carbocycles. The van der Waals surface area contributed by atoms with E-state index in [1.54, 1.807) is 0 Å². The van der Waals surface area contributed by atoms with Crippen LogP contribution < -0.4 is 0 Å². The Hall–Kier alpha value is -2.53. The number of hydrogen-bond acceptors (Lipinski definition) is 4. The van der Waals surface area contributed by atoms with Crippen LogP contribution in [0.15, 0.2) is 42.9 Å². The third-order valence-corrected chi connectivity index (χ3v) is 6.16. The standard InChI is InChI=1S/C22H25N5/c1-16-4-2-5-18(10-16)21-23-11-17(12-24-21)14-27-9-3-7-22(15-27)8-6-19-13-25-26-20(19)22/h2,4-5,10-13H,3,6-9,14-15H2,1H3,(H,25,26). The van der Waals surface area contributed by atoms with Crippen LogP contribution in [0.3, 0.4) is 0 Å². The second-order valence-electron chi connectivity index (χ2n) is 8.15. The third-order valence-electron chi connectivity index (χ3n) is 6.16. The molecule has 5 rings (SSSR count). The van der Waals surface area contributed by atoms with E-state index in [9.17, 15) is 0 Å². The van der Waals surface area contributed by atoms with Crippen molar-refractivity contribution in [1.29, 1.82) is 0 Å². The van der Waals surface area contributed by atoms with Crippen molar-refractivity contribution in [2.75, 3.05) is 13.1 Å². The normalized spacial score (nSPS) is 22.3. The molecule has 1 atom stereocenters. The minimum Gasteiger partial charge on any atom is -0.298 e. The van der Waals surface area contributed by atoms with Gasteiger partial charge in [0.2, 0.25) is 0 Å². The van der Waals surface area contributed by atoms with Gasteiger partial charge in [-0.25, -0.2) is 9.97 Å². The number of benzene rings is 1. The zero-order valence-electron chi connectivity index (χ0n) is 15.8. The quantitative estimate of drug-likeness (QED) is 0.775. The molecule has 1 fully saturated rings. The molecule has 1 unspecified atom stereocenters. The van der Waals surface area contributed by atoms with E-state index in [2.05, 4.69) is 56.3 Å². The molecule has 1 N–H and O–H groups in total. The van der Waals surface area contributed by atoms with E-state index in [1.165, 1.54) is 41.6 Å². The lowest BCUT2D eigenvalue weighted by molar-refractivity contribution is 0.136. The number of nitrogens with zero attached hydrogens (tertiary/aromatic N) is 4. The first kappa shape index (κ1) is 16.6. The largest absolute Gasteiger partial charge is 0.298 e. The predicted octanol–water partition coefficient (Wildman–Crippen LogP) is 3.66. The van der Waals surface area contributed by atoms with E-state index in [0.717, 1.165) is 37.4 Å². The Morgan fingerprint density at radius 2 is 2.04 bits per heavy atom. The summed E-state index contributed by atoms with van der Waals surface area (Å²) in [6.07, 6.45) is 10.9. The molecule has 1 aliphatic carbocycles. The lowest BCUT2D eigenvalue weighted by Crippen LogP contribution is -2.44. The Bertz CT molecular complexity index is 945.